The van der Waals surface area contributed by atoms with E-state index in [4.69, 9.17) is 0 Å². The van der Waals surface area contributed by atoms with Crippen molar-refractivity contribution in [3.8, 4) is 0 Å². The number of rotatable bonds is 1. The van der Waals surface area contributed by atoms with Crippen LogP contribution in [0.25, 0.3) is 0 Å². The Hall–Kier alpha value is -0.780. The zero-order valence-electron chi connectivity index (χ0n) is 9.51. The second kappa shape index (κ2) is 3.42. The molecule has 2 rings (SSSR count). The van der Waals surface area contributed by atoms with Crippen LogP contribution >= 0.6 is 0 Å². The summed E-state index contributed by atoms with van der Waals surface area (Å²) in [5.74, 6) is 0.755. The summed E-state index contributed by atoms with van der Waals surface area (Å²) in [7, 11) is 0. The summed E-state index contributed by atoms with van der Waals surface area (Å²) in [5, 5.41) is 0. The van der Waals surface area contributed by atoms with Crippen molar-refractivity contribution >= 4 is 0 Å². The molecule has 0 saturated carbocycles. The Kier molecular flexibility index (Phi) is 2.38. The smallest absolute Gasteiger partial charge is 0.00748 e. The highest BCUT2D eigenvalue weighted by Crippen LogP contribution is 2.44. The van der Waals surface area contributed by atoms with E-state index in [1.807, 2.05) is 0 Å². The lowest BCUT2D eigenvalue weighted by Gasteiger charge is -2.38. The Morgan fingerprint density at radius 3 is 2.79 bits per heavy atom. The van der Waals surface area contributed by atoms with Crippen LogP contribution in [0.1, 0.15) is 57.1 Å². The van der Waals surface area contributed by atoms with Crippen LogP contribution < -0.4 is 0 Å². The van der Waals surface area contributed by atoms with Crippen LogP contribution in [0, 0.1) is 0 Å². The lowest BCUT2D eigenvalue weighted by Crippen LogP contribution is -2.27. The quantitative estimate of drug-likeness (QED) is 0.618. The highest BCUT2D eigenvalue weighted by Gasteiger charge is 2.32. The van der Waals surface area contributed by atoms with Crippen molar-refractivity contribution in [2.75, 3.05) is 0 Å². The second-order valence-corrected chi connectivity index (χ2v) is 4.94. The van der Waals surface area contributed by atoms with Gasteiger partial charge in [0.25, 0.3) is 0 Å². The molecule has 0 heteroatoms. The van der Waals surface area contributed by atoms with Crippen LogP contribution in [-0.4, -0.2) is 0 Å². The van der Waals surface area contributed by atoms with Crippen molar-refractivity contribution in [2.24, 2.45) is 0 Å². The van der Waals surface area contributed by atoms with Gasteiger partial charge in [-0.25, -0.2) is 0 Å². The van der Waals surface area contributed by atoms with E-state index in [0.29, 0.717) is 5.41 Å². The first-order valence-corrected chi connectivity index (χ1v) is 5.77. The van der Waals surface area contributed by atoms with Crippen molar-refractivity contribution in [1.82, 2.24) is 0 Å². The van der Waals surface area contributed by atoms with Gasteiger partial charge in [0.15, 0.2) is 0 Å². The first-order chi connectivity index (χ1) is 6.67. The first kappa shape index (κ1) is 9.76. The number of benzene rings is 1. The van der Waals surface area contributed by atoms with E-state index in [2.05, 4.69) is 45.0 Å². The summed E-state index contributed by atoms with van der Waals surface area (Å²) in [5.41, 5.74) is 3.62. The van der Waals surface area contributed by atoms with Gasteiger partial charge in [-0.3, -0.25) is 0 Å². The van der Waals surface area contributed by atoms with Gasteiger partial charge in [0.2, 0.25) is 0 Å². The molecule has 1 aliphatic rings. The zero-order chi connectivity index (χ0) is 10.2. The molecule has 0 aromatic heterocycles. The lowest BCUT2D eigenvalue weighted by molar-refractivity contribution is 0.359. The molecule has 0 N–H and O–H groups in total. The summed E-state index contributed by atoms with van der Waals surface area (Å²) in [4.78, 5) is 0. The molecular formula is C14H20. The van der Waals surface area contributed by atoms with Gasteiger partial charge in [-0.2, -0.15) is 0 Å². The molecule has 0 fully saturated rings. The van der Waals surface area contributed by atoms with Gasteiger partial charge in [0, 0.05) is 0 Å². The molecule has 0 bridgehead atoms. The fourth-order valence-electron chi connectivity index (χ4n) is 2.67. The monoisotopic (exact) mass is 188 g/mol. The molecule has 76 valence electrons. The molecular weight excluding hydrogens is 168 g/mol. The molecule has 2 atom stereocenters. The summed E-state index contributed by atoms with van der Waals surface area (Å²) in [6, 6.07) is 9.00. The third-order valence-electron chi connectivity index (χ3n) is 4.05. The predicted octanol–water partition coefficient (Wildman–Crippen LogP) is 4.25. The van der Waals surface area contributed by atoms with Gasteiger partial charge in [-0.05, 0) is 41.7 Å². The van der Waals surface area contributed by atoms with Gasteiger partial charge >= 0.3 is 0 Å². The first-order valence-electron chi connectivity index (χ1n) is 5.77. The van der Waals surface area contributed by atoms with E-state index in [9.17, 15) is 0 Å². The van der Waals surface area contributed by atoms with Gasteiger partial charge < -0.3 is 0 Å². The average Bonchev–Trinajstić information content (AvgIpc) is 2.24. The molecule has 0 amide bonds. The molecule has 0 heterocycles. The summed E-state index contributed by atoms with van der Waals surface area (Å²) < 4.78 is 0. The van der Waals surface area contributed by atoms with Crippen molar-refractivity contribution in [3.05, 3.63) is 35.4 Å². The molecule has 14 heavy (non-hydrogen) atoms. The number of hydrogen-bond acceptors (Lipinski definition) is 0. The highest BCUT2D eigenvalue weighted by molar-refractivity contribution is 5.38. The second-order valence-electron chi connectivity index (χ2n) is 4.94. The normalized spacial score (nSPS) is 31.2. The van der Waals surface area contributed by atoms with Gasteiger partial charge in [-0.15, -0.1) is 0 Å². The standard InChI is InChI=1S/C14H20/c1-4-14(3)10-9-11(2)12-7-5-6-8-13(12)14/h5-8,11H,4,9-10H2,1-3H3/t11-,14+/m1/s1. The fourth-order valence-corrected chi connectivity index (χ4v) is 2.67. The Balaban J connectivity index is 2.52. The Morgan fingerprint density at radius 1 is 1.36 bits per heavy atom. The largest absolute Gasteiger partial charge is 0.0645 e. The average molecular weight is 188 g/mol. The van der Waals surface area contributed by atoms with Crippen LogP contribution in [-0.2, 0) is 5.41 Å². The van der Waals surface area contributed by atoms with Crippen molar-refractivity contribution in [3.63, 3.8) is 0 Å². The topological polar surface area (TPSA) is 0 Å². The van der Waals surface area contributed by atoms with E-state index in [-0.39, 0.29) is 0 Å². The molecule has 0 aliphatic heterocycles. The summed E-state index contributed by atoms with van der Waals surface area (Å²) >= 11 is 0. The Morgan fingerprint density at radius 2 is 2.07 bits per heavy atom. The van der Waals surface area contributed by atoms with Crippen LogP contribution in [0.3, 0.4) is 0 Å². The van der Waals surface area contributed by atoms with Crippen molar-refractivity contribution < 1.29 is 0 Å². The van der Waals surface area contributed by atoms with Gasteiger partial charge in [-0.1, -0.05) is 45.0 Å². The minimum Gasteiger partial charge on any atom is -0.0645 e. The third kappa shape index (κ3) is 1.37. The summed E-state index contributed by atoms with van der Waals surface area (Å²) in [6.45, 7) is 7.08. The molecule has 1 aromatic rings. The molecule has 0 nitrogen and oxygen atoms in total. The van der Waals surface area contributed by atoms with E-state index in [1.54, 1.807) is 11.1 Å². The maximum Gasteiger partial charge on any atom is -0.00748 e. The molecule has 1 aliphatic carbocycles. The van der Waals surface area contributed by atoms with E-state index in [0.717, 1.165) is 5.92 Å². The lowest BCUT2D eigenvalue weighted by atomic mass is 9.67. The van der Waals surface area contributed by atoms with E-state index in [1.165, 1.54) is 19.3 Å². The Labute approximate surface area is 87.3 Å². The predicted molar refractivity (Wildman–Crippen MR) is 61.7 cm³/mol. The maximum atomic E-state index is 2.41. The van der Waals surface area contributed by atoms with E-state index >= 15 is 0 Å². The Bertz CT molecular complexity index is 327. The molecule has 0 unspecified atom stereocenters. The van der Waals surface area contributed by atoms with Crippen LogP contribution in [0.2, 0.25) is 0 Å². The minimum absolute atomic E-state index is 0.434. The maximum absolute atomic E-state index is 2.41. The minimum atomic E-state index is 0.434. The van der Waals surface area contributed by atoms with Crippen LogP contribution in [0.5, 0.6) is 0 Å². The SMILES string of the molecule is CC[C@@]1(C)CC[C@@H](C)c2ccccc21. The van der Waals surface area contributed by atoms with Crippen LogP contribution in [0.4, 0.5) is 0 Å². The van der Waals surface area contributed by atoms with Crippen LogP contribution in [0.15, 0.2) is 24.3 Å². The number of fused-ring (bicyclic) bond motifs is 1. The molecule has 0 saturated heterocycles. The van der Waals surface area contributed by atoms with Gasteiger partial charge in [0.05, 0.1) is 0 Å². The van der Waals surface area contributed by atoms with Gasteiger partial charge in [0.1, 0.15) is 0 Å². The fraction of sp³-hybridized carbons (Fsp3) is 0.571. The highest BCUT2D eigenvalue weighted by atomic mass is 14.4. The molecule has 1 aromatic carbocycles. The summed E-state index contributed by atoms with van der Waals surface area (Å²) in [6.07, 6.45) is 3.96. The van der Waals surface area contributed by atoms with E-state index < -0.39 is 0 Å². The van der Waals surface area contributed by atoms with Crippen molar-refractivity contribution in [1.29, 1.82) is 0 Å². The number of hydrogen-bond donors (Lipinski definition) is 0. The van der Waals surface area contributed by atoms with Crippen molar-refractivity contribution in [2.45, 2.75) is 51.4 Å². The third-order valence-corrected chi connectivity index (χ3v) is 4.05. The molecule has 0 radical (unpaired) electrons. The zero-order valence-corrected chi connectivity index (χ0v) is 9.51. The molecule has 0 spiro atoms.